The van der Waals surface area contributed by atoms with E-state index in [4.69, 9.17) is 4.42 Å². The number of rotatable bonds is 7. The standard InChI is InChI=1S/C19H22N4O2.ClH/c1-14-9-10-17(25-14)18-16(19(24)21-12-6-11-20-2)13-23(22-18)15-7-4-3-5-8-15;/h3-5,7-10,13,20H,6,11-12H2,1-2H3,(H,21,24);1H. The molecule has 3 rings (SSSR count). The molecular formula is C19H23ClN4O2. The molecule has 0 saturated heterocycles. The number of benzene rings is 1. The van der Waals surface area contributed by atoms with Crippen LogP contribution in [0.2, 0.25) is 0 Å². The van der Waals surface area contributed by atoms with Gasteiger partial charge < -0.3 is 15.1 Å². The Hall–Kier alpha value is -2.57. The summed E-state index contributed by atoms with van der Waals surface area (Å²) in [6.07, 6.45) is 2.61. The summed E-state index contributed by atoms with van der Waals surface area (Å²) < 4.78 is 7.39. The van der Waals surface area contributed by atoms with E-state index in [0.717, 1.165) is 24.4 Å². The third-order valence-corrected chi connectivity index (χ3v) is 3.84. The van der Waals surface area contributed by atoms with Gasteiger partial charge >= 0.3 is 0 Å². The molecule has 138 valence electrons. The fourth-order valence-corrected chi connectivity index (χ4v) is 2.56. The van der Waals surface area contributed by atoms with Crippen LogP contribution < -0.4 is 10.6 Å². The molecule has 0 unspecified atom stereocenters. The highest BCUT2D eigenvalue weighted by Gasteiger charge is 2.20. The van der Waals surface area contributed by atoms with Crippen molar-refractivity contribution < 1.29 is 9.21 Å². The molecule has 2 N–H and O–H groups in total. The highest BCUT2D eigenvalue weighted by atomic mass is 35.5. The Kier molecular flexibility index (Phi) is 7.00. The lowest BCUT2D eigenvalue weighted by Gasteiger charge is -2.04. The summed E-state index contributed by atoms with van der Waals surface area (Å²) in [5.41, 5.74) is 1.94. The first-order chi connectivity index (χ1) is 12.2. The molecule has 3 aromatic rings. The quantitative estimate of drug-likeness (QED) is 0.623. The van der Waals surface area contributed by atoms with E-state index in [0.29, 0.717) is 23.6 Å². The number of furan rings is 1. The van der Waals surface area contributed by atoms with Crippen molar-refractivity contribution in [1.29, 1.82) is 0 Å². The van der Waals surface area contributed by atoms with Crippen LogP contribution in [-0.2, 0) is 0 Å². The predicted octanol–water partition coefficient (Wildman–Crippen LogP) is 3.20. The molecule has 0 aliphatic rings. The van der Waals surface area contributed by atoms with E-state index in [1.54, 1.807) is 10.9 Å². The van der Waals surface area contributed by atoms with E-state index in [2.05, 4.69) is 15.7 Å². The van der Waals surface area contributed by atoms with Crippen LogP contribution in [0.25, 0.3) is 17.1 Å². The van der Waals surface area contributed by atoms with E-state index in [1.165, 1.54) is 0 Å². The molecule has 7 heteroatoms. The number of amides is 1. The van der Waals surface area contributed by atoms with Crippen LogP contribution >= 0.6 is 12.4 Å². The van der Waals surface area contributed by atoms with E-state index in [9.17, 15) is 4.79 Å². The maximum atomic E-state index is 12.6. The van der Waals surface area contributed by atoms with Crippen LogP contribution in [0.3, 0.4) is 0 Å². The monoisotopic (exact) mass is 374 g/mol. The van der Waals surface area contributed by atoms with Gasteiger partial charge in [0.2, 0.25) is 0 Å². The first kappa shape index (κ1) is 19.8. The van der Waals surface area contributed by atoms with Gasteiger partial charge in [-0.2, -0.15) is 5.10 Å². The Morgan fingerprint density at radius 3 is 2.58 bits per heavy atom. The number of nitrogens with zero attached hydrogens (tertiary/aromatic N) is 2. The Morgan fingerprint density at radius 2 is 1.92 bits per heavy atom. The zero-order valence-electron chi connectivity index (χ0n) is 14.9. The summed E-state index contributed by atoms with van der Waals surface area (Å²) in [6, 6.07) is 13.4. The highest BCUT2D eigenvalue weighted by molar-refractivity contribution is 5.99. The van der Waals surface area contributed by atoms with Crippen LogP contribution in [0.4, 0.5) is 0 Å². The Balaban J connectivity index is 0.00000243. The van der Waals surface area contributed by atoms with Crippen LogP contribution in [0.15, 0.2) is 53.1 Å². The molecule has 0 bridgehead atoms. The average Bonchev–Trinajstić information content (AvgIpc) is 3.25. The zero-order chi connectivity index (χ0) is 17.6. The predicted molar refractivity (Wildman–Crippen MR) is 104 cm³/mol. The summed E-state index contributed by atoms with van der Waals surface area (Å²) in [5.74, 6) is 1.22. The largest absolute Gasteiger partial charge is 0.460 e. The number of aryl methyl sites for hydroxylation is 1. The number of carbonyl (C=O) groups is 1. The van der Waals surface area contributed by atoms with E-state index in [-0.39, 0.29) is 18.3 Å². The summed E-state index contributed by atoms with van der Waals surface area (Å²) in [5, 5.41) is 10.6. The number of nitrogens with one attached hydrogen (secondary N) is 2. The van der Waals surface area contributed by atoms with Crippen LogP contribution in [0.5, 0.6) is 0 Å². The fourth-order valence-electron chi connectivity index (χ4n) is 2.56. The summed E-state index contributed by atoms with van der Waals surface area (Å²) >= 11 is 0. The molecule has 2 heterocycles. The molecule has 0 spiro atoms. The molecule has 1 aromatic carbocycles. The van der Waals surface area contributed by atoms with Gasteiger partial charge in [-0.1, -0.05) is 18.2 Å². The normalized spacial score (nSPS) is 10.4. The lowest BCUT2D eigenvalue weighted by Crippen LogP contribution is -2.26. The Bertz CT molecular complexity index is 842. The summed E-state index contributed by atoms with van der Waals surface area (Å²) in [4.78, 5) is 12.6. The number of hydrogen-bond donors (Lipinski definition) is 2. The van der Waals surface area contributed by atoms with Crippen LogP contribution in [0, 0.1) is 6.92 Å². The number of hydrogen-bond acceptors (Lipinski definition) is 4. The summed E-state index contributed by atoms with van der Waals surface area (Å²) in [7, 11) is 1.89. The van der Waals surface area contributed by atoms with Crippen molar-refractivity contribution >= 4 is 18.3 Å². The second kappa shape index (κ2) is 9.22. The number of para-hydroxylation sites is 1. The van der Waals surface area contributed by atoms with E-state index < -0.39 is 0 Å². The molecule has 0 aliphatic heterocycles. The van der Waals surface area contributed by atoms with Crippen molar-refractivity contribution in [3.63, 3.8) is 0 Å². The third-order valence-electron chi connectivity index (χ3n) is 3.84. The van der Waals surface area contributed by atoms with Crippen LogP contribution in [-0.4, -0.2) is 35.8 Å². The molecule has 6 nitrogen and oxygen atoms in total. The molecular weight excluding hydrogens is 352 g/mol. The van der Waals surface area contributed by atoms with Crippen molar-refractivity contribution in [3.05, 3.63) is 60.0 Å². The number of halogens is 1. The van der Waals surface area contributed by atoms with Gasteiger partial charge in [0.15, 0.2) is 5.76 Å². The Morgan fingerprint density at radius 1 is 1.15 bits per heavy atom. The first-order valence-electron chi connectivity index (χ1n) is 8.33. The second-order valence-corrected chi connectivity index (χ2v) is 5.79. The number of carbonyl (C=O) groups excluding carboxylic acids is 1. The maximum absolute atomic E-state index is 12.6. The van der Waals surface area contributed by atoms with E-state index >= 15 is 0 Å². The summed E-state index contributed by atoms with van der Waals surface area (Å²) in [6.45, 7) is 3.33. The Labute approximate surface area is 159 Å². The lowest BCUT2D eigenvalue weighted by molar-refractivity contribution is 0.0953. The van der Waals surface area contributed by atoms with Gasteiger partial charge in [-0.25, -0.2) is 4.68 Å². The van der Waals surface area contributed by atoms with Gasteiger partial charge in [0.05, 0.1) is 11.3 Å². The maximum Gasteiger partial charge on any atom is 0.255 e. The molecule has 0 saturated carbocycles. The minimum absolute atomic E-state index is 0. The van der Waals surface area contributed by atoms with Crippen molar-refractivity contribution in [1.82, 2.24) is 20.4 Å². The minimum Gasteiger partial charge on any atom is -0.460 e. The molecule has 26 heavy (non-hydrogen) atoms. The van der Waals surface area contributed by atoms with Gasteiger partial charge in [0, 0.05) is 12.7 Å². The topological polar surface area (TPSA) is 72.1 Å². The van der Waals surface area contributed by atoms with E-state index in [1.807, 2.05) is 56.4 Å². The van der Waals surface area contributed by atoms with Crippen molar-refractivity contribution in [3.8, 4) is 17.1 Å². The highest BCUT2D eigenvalue weighted by Crippen LogP contribution is 2.25. The second-order valence-electron chi connectivity index (χ2n) is 5.79. The third kappa shape index (κ3) is 4.53. The van der Waals surface area contributed by atoms with Gasteiger partial charge in [-0.3, -0.25) is 4.79 Å². The van der Waals surface area contributed by atoms with Gasteiger partial charge in [-0.05, 0) is 51.2 Å². The molecule has 0 atom stereocenters. The van der Waals surface area contributed by atoms with Gasteiger partial charge in [0.25, 0.3) is 5.91 Å². The fraction of sp³-hybridized carbons (Fsp3) is 0.263. The molecule has 0 aliphatic carbocycles. The van der Waals surface area contributed by atoms with Gasteiger partial charge in [0.1, 0.15) is 11.5 Å². The minimum atomic E-state index is -0.151. The SMILES string of the molecule is CNCCCNC(=O)c1cn(-c2ccccc2)nc1-c1ccc(C)o1.Cl. The van der Waals surface area contributed by atoms with Crippen molar-refractivity contribution in [2.45, 2.75) is 13.3 Å². The van der Waals surface area contributed by atoms with Gasteiger partial charge in [-0.15, -0.1) is 12.4 Å². The molecule has 2 aromatic heterocycles. The molecule has 0 radical (unpaired) electrons. The lowest BCUT2D eigenvalue weighted by atomic mass is 10.2. The zero-order valence-corrected chi connectivity index (χ0v) is 15.7. The van der Waals surface area contributed by atoms with Crippen LogP contribution in [0.1, 0.15) is 22.5 Å². The van der Waals surface area contributed by atoms with Crippen molar-refractivity contribution in [2.75, 3.05) is 20.1 Å². The molecule has 1 amide bonds. The first-order valence-corrected chi connectivity index (χ1v) is 8.33. The smallest absolute Gasteiger partial charge is 0.255 e. The number of aromatic nitrogens is 2. The van der Waals surface area contributed by atoms with Crippen molar-refractivity contribution in [2.24, 2.45) is 0 Å². The average molecular weight is 375 g/mol. The molecule has 0 fully saturated rings.